The standard InChI is InChI=1S/C21H24ClN3O5S/c1-14-2-4-16(5-3-14)24-31(28,29)17-6-7-19(18(22)12-17)30-13-20(26)25-10-8-15(9-11-25)21(23)27/h2-7,12,15,24H,8-11,13H2,1H3,(H2,23,27). The summed E-state index contributed by atoms with van der Waals surface area (Å²) in [5.41, 5.74) is 6.75. The first-order valence-corrected chi connectivity index (χ1v) is 11.6. The largest absolute Gasteiger partial charge is 0.482 e. The van der Waals surface area contributed by atoms with Gasteiger partial charge in [-0.05, 0) is 50.1 Å². The third-order valence-electron chi connectivity index (χ3n) is 5.12. The number of halogens is 1. The smallest absolute Gasteiger partial charge is 0.261 e. The van der Waals surface area contributed by atoms with Crippen molar-refractivity contribution in [1.29, 1.82) is 0 Å². The minimum atomic E-state index is -3.83. The molecule has 0 unspecified atom stereocenters. The molecule has 0 saturated carbocycles. The van der Waals surface area contributed by atoms with Crippen LogP contribution in [0.3, 0.4) is 0 Å². The number of amides is 2. The predicted molar refractivity (Wildman–Crippen MR) is 117 cm³/mol. The number of anilines is 1. The van der Waals surface area contributed by atoms with Crippen LogP contribution in [0.15, 0.2) is 47.4 Å². The third kappa shape index (κ3) is 5.89. The summed E-state index contributed by atoms with van der Waals surface area (Å²) in [6.07, 6.45) is 1.06. The molecule has 1 aliphatic heterocycles. The van der Waals surface area contributed by atoms with Gasteiger partial charge in [0.25, 0.3) is 15.9 Å². The monoisotopic (exact) mass is 465 g/mol. The van der Waals surface area contributed by atoms with E-state index in [0.29, 0.717) is 31.6 Å². The molecule has 0 aromatic heterocycles. The molecule has 0 radical (unpaired) electrons. The minimum absolute atomic E-state index is 0.0229. The van der Waals surface area contributed by atoms with Gasteiger partial charge in [-0.1, -0.05) is 29.3 Å². The van der Waals surface area contributed by atoms with E-state index < -0.39 is 10.0 Å². The fourth-order valence-electron chi connectivity index (χ4n) is 3.25. The lowest BCUT2D eigenvalue weighted by Gasteiger charge is -2.30. The number of piperidine rings is 1. The highest BCUT2D eigenvalue weighted by molar-refractivity contribution is 7.92. The van der Waals surface area contributed by atoms with E-state index in [2.05, 4.69) is 4.72 Å². The Kier molecular flexibility index (Phi) is 7.07. The Bertz CT molecular complexity index is 1060. The van der Waals surface area contributed by atoms with Crippen LogP contribution in [-0.4, -0.2) is 44.8 Å². The summed E-state index contributed by atoms with van der Waals surface area (Å²) in [5, 5.41) is 0.0759. The number of hydrogen-bond acceptors (Lipinski definition) is 5. The summed E-state index contributed by atoms with van der Waals surface area (Å²) >= 11 is 6.19. The van der Waals surface area contributed by atoms with E-state index in [4.69, 9.17) is 22.1 Å². The lowest BCUT2D eigenvalue weighted by Crippen LogP contribution is -2.43. The third-order valence-corrected chi connectivity index (χ3v) is 6.79. The highest BCUT2D eigenvalue weighted by Gasteiger charge is 2.26. The predicted octanol–water partition coefficient (Wildman–Crippen LogP) is 2.55. The van der Waals surface area contributed by atoms with Gasteiger partial charge in [0.15, 0.2) is 6.61 Å². The molecule has 1 saturated heterocycles. The summed E-state index contributed by atoms with van der Waals surface area (Å²) in [6.45, 7) is 2.54. The molecule has 0 bridgehead atoms. The first kappa shape index (κ1) is 22.9. The van der Waals surface area contributed by atoms with Crippen LogP contribution in [0.25, 0.3) is 0 Å². The molecule has 2 aromatic rings. The quantitative estimate of drug-likeness (QED) is 0.651. The fraction of sp³-hybridized carbons (Fsp3) is 0.333. The van der Waals surface area contributed by atoms with Crippen molar-refractivity contribution in [2.75, 3.05) is 24.4 Å². The van der Waals surface area contributed by atoms with Crippen LogP contribution in [0.1, 0.15) is 18.4 Å². The highest BCUT2D eigenvalue weighted by atomic mass is 35.5. The van der Waals surface area contributed by atoms with Crippen LogP contribution in [-0.2, 0) is 19.6 Å². The number of nitrogens with two attached hydrogens (primary N) is 1. The van der Waals surface area contributed by atoms with Crippen LogP contribution in [0.5, 0.6) is 5.75 Å². The number of nitrogens with zero attached hydrogens (tertiary/aromatic N) is 1. The number of benzene rings is 2. The van der Waals surface area contributed by atoms with Gasteiger partial charge in [0.05, 0.1) is 9.92 Å². The van der Waals surface area contributed by atoms with E-state index in [1.54, 1.807) is 29.2 Å². The minimum Gasteiger partial charge on any atom is -0.482 e. The topological polar surface area (TPSA) is 119 Å². The van der Waals surface area contributed by atoms with Gasteiger partial charge in [-0.2, -0.15) is 0 Å². The van der Waals surface area contributed by atoms with Crippen molar-refractivity contribution >= 4 is 39.1 Å². The molecule has 2 aromatic carbocycles. The molecule has 1 fully saturated rings. The Balaban J connectivity index is 1.59. The average molecular weight is 466 g/mol. The van der Waals surface area contributed by atoms with Gasteiger partial charge < -0.3 is 15.4 Å². The molecule has 31 heavy (non-hydrogen) atoms. The molecule has 0 spiro atoms. The number of likely N-dealkylation sites (tertiary alicyclic amines) is 1. The van der Waals surface area contributed by atoms with E-state index in [0.717, 1.165) is 5.56 Å². The zero-order valence-corrected chi connectivity index (χ0v) is 18.6. The molecule has 3 rings (SSSR count). The Morgan fingerprint density at radius 3 is 2.39 bits per heavy atom. The van der Waals surface area contributed by atoms with E-state index in [-0.39, 0.29) is 40.0 Å². The van der Waals surface area contributed by atoms with Crippen LogP contribution in [0.2, 0.25) is 5.02 Å². The lowest BCUT2D eigenvalue weighted by molar-refractivity contribution is -0.136. The summed E-state index contributed by atoms with van der Waals surface area (Å²) in [5.74, 6) is -0.586. The Morgan fingerprint density at radius 1 is 1.16 bits per heavy atom. The lowest BCUT2D eigenvalue weighted by atomic mass is 9.96. The Hall–Kier alpha value is -2.78. The van der Waals surface area contributed by atoms with E-state index >= 15 is 0 Å². The van der Waals surface area contributed by atoms with Crippen molar-refractivity contribution in [3.8, 4) is 5.75 Å². The number of sulfonamides is 1. The molecule has 1 aliphatic rings. The van der Waals surface area contributed by atoms with E-state index in [1.165, 1.54) is 18.2 Å². The molecule has 1 heterocycles. The van der Waals surface area contributed by atoms with Crippen molar-refractivity contribution in [1.82, 2.24) is 4.90 Å². The molecule has 3 N–H and O–H groups in total. The van der Waals surface area contributed by atoms with E-state index in [9.17, 15) is 18.0 Å². The number of primary amides is 1. The van der Waals surface area contributed by atoms with Crippen LogP contribution < -0.4 is 15.2 Å². The van der Waals surface area contributed by atoms with Crippen LogP contribution in [0.4, 0.5) is 5.69 Å². The Morgan fingerprint density at radius 2 is 1.81 bits per heavy atom. The number of nitrogens with one attached hydrogen (secondary N) is 1. The van der Waals surface area contributed by atoms with Crippen LogP contribution >= 0.6 is 11.6 Å². The van der Waals surface area contributed by atoms with Gasteiger partial charge in [0.1, 0.15) is 5.75 Å². The van der Waals surface area contributed by atoms with Crippen molar-refractivity contribution in [2.45, 2.75) is 24.7 Å². The normalized spacial score (nSPS) is 14.8. The second kappa shape index (κ2) is 9.57. The number of carbonyl (C=O) groups is 2. The van der Waals surface area contributed by atoms with Crippen molar-refractivity contribution in [3.05, 3.63) is 53.1 Å². The van der Waals surface area contributed by atoms with Gasteiger partial charge in [0, 0.05) is 24.7 Å². The van der Waals surface area contributed by atoms with Gasteiger partial charge >= 0.3 is 0 Å². The first-order chi connectivity index (χ1) is 14.7. The van der Waals surface area contributed by atoms with Gasteiger partial charge in [-0.25, -0.2) is 8.42 Å². The zero-order chi connectivity index (χ0) is 22.6. The Labute approximate surface area is 186 Å². The molecule has 2 amide bonds. The van der Waals surface area contributed by atoms with Crippen molar-refractivity contribution < 1.29 is 22.7 Å². The molecular formula is C21H24ClN3O5S. The number of aryl methyl sites for hydroxylation is 1. The summed E-state index contributed by atoms with van der Waals surface area (Å²) < 4.78 is 33.2. The fourth-order valence-corrected chi connectivity index (χ4v) is 4.63. The van der Waals surface area contributed by atoms with Gasteiger partial charge in [0.2, 0.25) is 5.91 Å². The highest BCUT2D eigenvalue weighted by Crippen LogP contribution is 2.28. The number of hydrogen-bond donors (Lipinski definition) is 2. The molecule has 0 atom stereocenters. The second-order valence-corrected chi connectivity index (χ2v) is 9.50. The molecule has 8 nitrogen and oxygen atoms in total. The first-order valence-electron chi connectivity index (χ1n) is 9.74. The summed E-state index contributed by atoms with van der Waals surface area (Å²) in [7, 11) is -3.83. The SMILES string of the molecule is Cc1ccc(NS(=O)(=O)c2ccc(OCC(=O)N3CCC(C(N)=O)CC3)c(Cl)c2)cc1. The maximum absolute atomic E-state index is 12.6. The number of rotatable bonds is 7. The average Bonchev–Trinajstić information content (AvgIpc) is 2.74. The van der Waals surface area contributed by atoms with E-state index in [1.807, 2.05) is 6.92 Å². The molecule has 0 aliphatic carbocycles. The molecule has 166 valence electrons. The van der Waals surface area contributed by atoms with Gasteiger partial charge in [-0.15, -0.1) is 0 Å². The van der Waals surface area contributed by atoms with Crippen LogP contribution in [0, 0.1) is 12.8 Å². The number of carbonyl (C=O) groups excluding carboxylic acids is 2. The maximum atomic E-state index is 12.6. The van der Waals surface area contributed by atoms with Crippen molar-refractivity contribution in [3.63, 3.8) is 0 Å². The molecule has 10 heteroatoms. The molecular weight excluding hydrogens is 442 g/mol. The summed E-state index contributed by atoms with van der Waals surface area (Å²) in [4.78, 5) is 25.2. The zero-order valence-electron chi connectivity index (χ0n) is 17.0. The van der Waals surface area contributed by atoms with Crippen molar-refractivity contribution in [2.24, 2.45) is 11.7 Å². The maximum Gasteiger partial charge on any atom is 0.261 e. The summed E-state index contributed by atoms with van der Waals surface area (Å²) in [6, 6.07) is 11.0. The van der Waals surface area contributed by atoms with Gasteiger partial charge in [-0.3, -0.25) is 14.3 Å². The second-order valence-electron chi connectivity index (χ2n) is 7.41. The number of ether oxygens (including phenoxy) is 1.